The summed E-state index contributed by atoms with van der Waals surface area (Å²) in [6.07, 6.45) is 3.73. The standard InChI is InChI=1S/C27H33N3O2S/c1-4-20-10-12-26(29-18-20)24-17-21(11-9-19(24)3)27-23-7-6-8-25(28)22(23)13-14-30(27)15-16-33(31,32)5-2/h6-12,17-18,27H,4-5,13-16,28H2,1-3H3. The molecule has 33 heavy (non-hydrogen) atoms. The van der Waals surface area contributed by atoms with E-state index in [1.165, 1.54) is 22.3 Å². The Morgan fingerprint density at radius 3 is 2.64 bits per heavy atom. The highest BCUT2D eigenvalue weighted by molar-refractivity contribution is 7.91. The monoisotopic (exact) mass is 463 g/mol. The van der Waals surface area contributed by atoms with Crippen LogP contribution in [0, 0.1) is 6.92 Å². The minimum Gasteiger partial charge on any atom is -0.398 e. The minimum absolute atomic E-state index is 0.0430. The Labute approximate surface area is 197 Å². The number of rotatable bonds is 7. The predicted molar refractivity (Wildman–Crippen MR) is 136 cm³/mol. The molecule has 0 saturated heterocycles. The van der Waals surface area contributed by atoms with Crippen LogP contribution >= 0.6 is 0 Å². The summed E-state index contributed by atoms with van der Waals surface area (Å²) in [6, 6.07) is 16.8. The van der Waals surface area contributed by atoms with Crippen LogP contribution in [0.4, 0.5) is 5.69 Å². The van der Waals surface area contributed by atoms with Crippen LogP contribution in [0.1, 0.15) is 47.7 Å². The fraction of sp³-hybridized carbons (Fsp3) is 0.370. The second-order valence-corrected chi connectivity index (χ2v) is 11.3. The molecule has 174 valence electrons. The van der Waals surface area contributed by atoms with Gasteiger partial charge in [0.1, 0.15) is 0 Å². The number of hydrogen-bond acceptors (Lipinski definition) is 5. The lowest BCUT2D eigenvalue weighted by molar-refractivity contribution is 0.226. The highest BCUT2D eigenvalue weighted by atomic mass is 32.2. The van der Waals surface area contributed by atoms with Gasteiger partial charge in [-0.2, -0.15) is 0 Å². The highest BCUT2D eigenvalue weighted by Crippen LogP contribution is 2.39. The molecule has 1 atom stereocenters. The number of anilines is 1. The molecule has 0 aliphatic carbocycles. The number of nitrogens with two attached hydrogens (primary N) is 1. The number of benzene rings is 2. The van der Waals surface area contributed by atoms with Gasteiger partial charge in [0.25, 0.3) is 0 Å². The molecule has 2 aromatic carbocycles. The zero-order valence-corrected chi connectivity index (χ0v) is 20.5. The van der Waals surface area contributed by atoms with E-state index < -0.39 is 9.84 Å². The van der Waals surface area contributed by atoms with E-state index in [-0.39, 0.29) is 17.5 Å². The molecular weight excluding hydrogens is 430 g/mol. The maximum Gasteiger partial charge on any atom is 0.151 e. The lowest BCUT2D eigenvalue weighted by atomic mass is 9.86. The third kappa shape index (κ3) is 4.97. The summed E-state index contributed by atoms with van der Waals surface area (Å²) >= 11 is 0. The summed E-state index contributed by atoms with van der Waals surface area (Å²) in [5, 5.41) is 0. The van der Waals surface area contributed by atoms with E-state index in [4.69, 9.17) is 10.7 Å². The van der Waals surface area contributed by atoms with Crippen molar-refractivity contribution in [1.82, 2.24) is 9.88 Å². The van der Waals surface area contributed by atoms with E-state index in [2.05, 4.69) is 55.1 Å². The summed E-state index contributed by atoms with van der Waals surface area (Å²) in [7, 11) is -3.05. The fourth-order valence-corrected chi connectivity index (χ4v) is 5.46. The van der Waals surface area contributed by atoms with Crippen LogP contribution in [0.3, 0.4) is 0 Å². The van der Waals surface area contributed by atoms with Gasteiger partial charge in [0.2, 0.25) is 0 Å². The number of pyridine rings is 1. The molecule has 2 N–H and O–H groups in total. The average Bonchev–Trinajstić information content (AvgIpc) is 2.83. The second-order valence-electron chi connectivity index (χ2n) is 8.82. The Morgan fingerprint density at radius 2 is 1.94 bits per heavy atom. The molecule has 0 amide bonds. The molecule has 1 unspecified atom stereocenters. The first-order valence-corrected chi connectivity index (χ1v) is 13.5. The molecule has 1 aliphatic rings. The van der Waals surface area contributed by atoms with Crippen LogP contribution in [-0.2, 0) is 22.7 Å². The molecule has 1 aromatic heterocycles. The third-order valence-electron chi connectivity index (χ3n) is 6.77. The van der Waals surface area contributed by atoms with Gasteiger partial charge in [0.05, 0.1) is 17.5 Å². The number of sulfone groups is 1. The maximum absolute atomic E-state index is 12.3. The van der Waals surface area contributed by atoms with Gasteiger partial charge in [-0.05, 0) is 65.8 Å². The molecule has 0 saturated carbocycles. The molecule has 6 heteroatoms. The van der Waals surface area contributed by atoms with E-state index in [9.17, 15) is 8.42 Å². The Balaban J connectivity index is 1.78. The number of nitrogens with zero attached hydrogens (tertiary/aromatic N) is 2. The maximum atomic E-state index is 12.3. The van der Waals surface area contributed by atoms with Crippen molar-refractivity contribution >= 4 is 15.5 Å². The van der Waals surface area contributed by atoms with Crippen LogP contribution in [0.25, 0.3) is 11.3 Å². The molecule has 0 fully saturated rings. The molecule has 0 spiro atoms. The van der Waals surface area contributed by atoms with E-state index in [0.717, 1.165) is 41.9 Å². The van der Waals surface area contributed by atoms with Crippen LogP contribution in [0.5, 0.6) is 0 Å². The fourth-order valence-electron chi connectivity index (χ4n) is 4.66. The van der Waals surface area contributed by atoms with E-state index >= 15 is 0 Å². The Morgan fingerprint density at radius 1 is 1.12 bits per heavy atom. The largest absolute Gasteiger partial charge is 0.398 e. The smallest absolute Gasteiger partial charge is 0.151 e. The zero-order chi connectivity index (χ0) is 23.6. The van der Waals surface area contributed by atoms with Gasteiger partial charge in [0.15, 0.2) is 9.84 Å². The van der Waals surface area contributed by atoms with Crippen molar-refractivity contribution in [2.45, 2.75) is 39.7 Å². The van der Waals surface area contributed by atoms with Gasteiger partial charge in [0, 0.05) is 36.3 Å². The van der Waals surface area contributed by atoms with Gasteiger partial charge in [-0.25, -0.2) is 8.42 Å². The summed E-state index contributed by atoms with van der Waals surface area (Å²) in [4.78, 5) is 7.00. The van der Waals surface area contributed by atoms with E-state index in [1.54, 1.807) is 6.92 Å². The molecule has 1 aliphatic heterocycles. The molecule has 5 nitrogen and oxygen atoms in total. The normalized spacial score (nSPS) is 16.5. The van der Waals surface area contributed by atoms with Gasteiger partial charge in [-0.15, -0.1) is 0 Å². The third-order valence-corrected chi connectivity index (χ3v) is 8.46. The van der Waals surface area contributed by atoms with Crippen molar-refractivity contribution in [3.63, 3.8) is 0 Å². The lowest BCUT2D eigenvalue weighted by Gasteiger charge is -2.38. The molecule has 0 bridgehead atoms. The topological polar surface area (TPSA) is 76.3 Å². The number of nitrogen functional groups attached to an aromatic ring is 1. The average molecular weight is 464 g/mol. The van der Waals surface area contributed by atoms with Gasteiger partial charge in [-0.1, -0.05) is 44.2 Å². The number of aromatic nitrogens is 1. The van der Waals surface area contributed by atoms with Gasteiger partial charge in [-0.3, -0.25) is 9.88 Å². The van der Waals surface area contributed by atoms with E-state index in [1.807, 2.05) is 18.3 Å². The number of aryl methyl sites for hydroxylation is 2. The SMILES string of the molecule is CCc1ccc(-c2cc(C3c4cccc(N)c4CCN3CCS(=O)(=O)CC)ccc2C)nc1. The Bertz CT molecular complexity index is 1240. The summed E-state index contributed by atoms with van der Waals surface area (Å²) in [5.41, 5.74) is 15.1. The van der Waals surface area contributed by atoms with Crippen molar-refractivity contribution in [2.75, 3.05) is 30.3 Å². The predicted octanol–water partition coefficient (Wildman–Crippen LogP) is 4.58. The van der Waals surface area contributed by atoms with E-state index in [0.29, 0.717) is 6.54 Å². The number of hydrogen-bond donors (Lipinski definition) is 1. The number of fused-ring (bicyclic) bond motifs is 1. The quantitative estimate of drug-likeness (QED) is 0.519. The van der Waals surface area contributed by atoms with Crippen LogP contribution in [0.2, 0.25) is 0 Å². The Kier molecular flexibility index (Phi) is 6.86. The van der Waals surface area contributed by atoms with Crippen molar-refractivity contribution in [2.24, 2.45) is 0 Å². The Hall–Kier alpha value is -2.70. The highest BCUT2D eigenvalue weighted by Gasteiger charge is 2.30. The van der Waals surface area contributed by atoms with Crippen LogP contribution < -0.4 is 5.73 Å². The molecule has 4 rings (SSSR count). The minimum atomic E-state index is -3.05. The molecule has 2 heterocycles. The first kappa shape index (κ1) is 23.5. The zero-order valence-electron chi connectivity index (χ0n) is 19.7. The van der Waals surface area contributed by atoms with Crippen molar-refractivity contribution < 1.29 is 8.42 Å². The van der Waals surface area contributed by atoms with Crippen LogP contribution in [-0.4, -0.2) is 42.9 Å². The summed E-state index contributed by atoms with van der Waals surface area (Å²) in [6.45, 7) is 7.22. The van der Waals surface area contributed by atoms with Crippen molar-refractivity contribution in [3.05, 3.63) is 82.5 Å². The molecule has 3 aromatic rings. The first-order valence-electron chi connectivity index (χ1n) is 11.7. The summed E-state index contributed by atoms with van der Waals surface area (Å²) in [5.74, 6) is 0.333. The van der Waals surface area contributed by atoms with Gasteiger partial charge < -0.3 is 5.73 Å². The second kappa shape index (κ2) is 9.65. The van der Waals surface area contributed by atoms with Crippen LogP contribution in [0.15, 0.2) is 54.7 Å². The first-order chi connectivity index (χ1) is 15.8. The lowest BCUT2D eigenvalue weighted by Crippen LogP contribution is -2.39. The van der Waals surface area contributed by atoms with Crippen molar-refractivity contribution in [3.8, 4) is 11.3 Å². The van der Waals surface area contributed by atoms with Gasteiger partial charge >= 0.3 is 0 Å². The van der Waals surface area contributed by atoms with Crippen molar-refractivity contribution in [1.29, 1.82) is 0 Å². The molecule has 0 radical (unpaired) electrons. The summed E-state index contributed by atoms with van der Waals surface area (Å²) < 4.78 is 24.5. The molecular formula is C27H33N3O2S.